The standard InChI is InChI=1S/C22H25N3O2/c1-3-4-14-25-19-12-10-16(2)15-18(19)21(22(25)27)24-23-20(26)13-11-17-8-6-5-7-9-17/h5-10,12,15,27H,3-4,11,13-14H2,1-2H3. The third-order valence-electron chi connectivity index (χ3n) is 4.63. The summed E-state index contributed by atoms with van der Waals surface area (Å²) in [6.07, 6.45) is 2.90. The molecule has 1 N–H and O–H groups in total. The minimum absolute atomic E-state index is 0.0728. The van der Waals surface area contributed by atoms with Crippen molar-refractivity contribution in [1.82, 2.24) is 4.57 Å². The Balaban J connectivity index is 1.82. The van der Waals surface area contributed by atoms with Crippen LogP contribution in [0.2, 0.25) is 0 Å². The van der Waals surface area contributed by atoms with E-state index >= 15 is 0 Å². The molecule has 0 aliphatic carbocycles. The number of amides is 1. The molecule has 0 saturated heterocycles. The Morgan fingerprint density at radius 3 is 2.67 bits per heavy atom. The number of hydrogen-bond donors (Lipinski definition) is 1. The van der Waals surface area contributed by atoms with Gasteiger partial charge >= 0.3 is 0 Å². The maximum atomic E-state index is 12.1. The molecule has 1 amide bonds. The van der Waals surface area contributed by atoms with E-state index < -0.39 is 0 Å². The van der Waals surface area contributed by atoms with E-state index in [0.717, 1.165) is 34.9 Å². The number of fused-ring (bicyclic) bond motifs is 1. The summed E-state index contributed by atoms with van der Waals surface area (Å²) in [5.41, 5.74) is 3.45. The first-order valence-electron chi connectivity index (χ1n) is 9.40. The highest BCUT2D eigenvalue weighted by Gasteiger charge is 2.17. The van der Waals surface area contributed by atoms with E-state index in [4.69, 9.17) is 0 Å². The van der Waals surface area contributed by atoms with Crippen LogP contribution in [0.25, 0.3) is 10.9 Å². The summed E-state index contributed by atoms with van der Waals surface area (Å²) in [5.74, 6) is -0.218. The lowest BCUT2D eigenvalue weighted by atomic mass is 10.1. The van der Waals surface area contributed by atoms with Gasteiger partial charge in [-0.2, -0.15) is 0 Å². The highest BCUT2D eigenvalue weighted by Crippen LogP contribution is 2.39. The minimum Gasteiger partial charge on any atom is -0.493 e. The van der Waals surface area contributed by atoms with Crippen LogP contribution < -0.4 is 0 Å². The maximum absolute atomic E-state index is 12.1. The van der Waals surface area contributed by atoms with Crippen molar-refractivity contribution in [3.63, 3.8) is 0 Å². The number of carbonyl (C=O) groups is 1. The predicted octanol–water partition coefficient (Wildman–Crippen LogP) is 5.70. The summed E-state index contributed by atoms with van der Waals surface area (Å²) in [4.78, 5) is 12.1. The number of azo groups is 1. The fraction of sp³-hybridized carbons (Fsp3) is 0.318. The molecule has 2 aromatic carbocycles. The van der Waals surface area contributed by atoms with Gasteiger partial charge in [0.2, 0.25) is 5.88 Å². The van der Waals surface area contributed by atoms with E-state index in [9.17, 15) is 9.90 Å². The number of aryl methyl sites for hydroxylation is 3. The molecule has 3 aromatic rings. The van der Waals surface area contributed by atoms with Gasteiger partial charge in [0.25, 0.3) is 5.91 Å². The van der Waals surface area contributed by atoms with E-state index in [2.05, 4.69) is 17.2 Å². The lowest BCUT2D eigenvalue weighted by Crippen LogP contribution is -1.96. The van der Waals surface area contributed by atoms with Crippen LogP contribution in [-0.4, -0.2) is 15.6 Å². The smallest absolute Gasteiger partial charge is 0.265 e. The molecule has 0 aliphatic heterocycles. The first-order chi connectivity index (χ1) is 13.1. The lowest BCUT2D eigenvalue weighted by molar-refractivity contribution is -0.118. The fourth-order valence-electron chi connectivity index (χ4n) is 3.13. The first-order valence-corrected chi connectivity index (χ1v) is 9.40. The average molecular weight is 363 g/mol. The van der Waals surface area contributed by atoms with Gasteiger partial charge < -0.3 is 9.67 Å². The topological polar surface area (TPSA) is 66.9 Å². The average Bonchev–Trinajstić information content (AvgIpc) is 2.94. The summed E-state index contributed by atoms with van der Waals surface area (Å²) >= 11 is 0. The van der Waals surface area contributed by atoms with Crippen molar-refractivity contribution in [2.45, 2.75) is 46.1 Å². The van der Waals surface area contributed by atoms with Gasteiger partial charge in [0, 0.05) is 18.4 Å². The molecule has 0 spiro atoms. The molecule has 3 rings (SSSR count). The van der Waals surface area contributed by atoms with Gasteiger partial charge in [0.15, 0.2) is 5.69 Å². The zero-order valence-electron chi connectivity index (χ0n) is 15.9. The van der Waals surface area contributed by atoms with E-state index in [0.29, 0.717) is 25.1 Å². The largest absolute Gasteiger partial charge is 0.493 e. The number of hydrogen-bond acceptors (Lipinski definition) is 3. The van der Waals surface area contributed by atoms with Gasteiger partial charge in [-0.1, -0.05) is 55.3 Å². The van der Waals surface area contributed by atoms with Crippen molar-refractivity contribution in [3.05, 3.63) is 59.7 Å². The van der Waals surface area contributed by atoms with Crippen LogP contribution in [0, 0.1) is 6.92 Å². The van der Waals surface area contributed by atoms with E-state index in [1.54, 1.807) is 0 Å². The van der Waals surface area contributed by atoms with E-state index in [1.165, 1.54) is 0 Å². The van der Waals surface area contributed by atoms with Crippen LogP contribution in [0.5, 0.6) is 5.88 Å². The molecule has 0 atom stereocenters. The van der Waals surface area contributed by atoms with Gasteiger partial charge in [-0.3, -0.25) is 4.79 Å². The highest BCUT2D eigenvalue weighted by atomic mass is 16.3. The van der Waals surface area contributed by atoms with E-state index in [1.807, 2.05) is 60.0 Å². The number of unbranched alkanes of at least 4 members (excludes halogenated alkanes) is 1. The third kappa shape index (κ3) is 4.42. The van der Waals surface area contributed by atoms with Crippen LogP contribution >= 0.6 is 0 Å². The monoisotopic (exact) mass is 363 g/mol. The molecule has 0 bridgehead atoms. The molecule has 0 unspecified atom stereocenters. The second kappa shape index (κ2) is 8.62. The molecule has 140 valence electrons. The summed E-state index contributed by atoms with van der Waals surface area (Å²) in [6.45, 7) is 4.81. The normalized spacial score (nSPS) is 11.5. The number of carbonyl (C=O) groups excluding carboxylic acids is 1. The number of nitrogens with zero attached hydrogens (tertiary/aromatic N) is 3. The number of aromatic hydroxyl groups is 1. The van der Waals surface area contributed by atoms with Crippen molar-refractivity contribution in [3.8, 4) is 5.88 Å². The molecule has 0 aliphatic rings. The Labute approximate surface area is 159 Å². The molecule has 0 fully saturated rings. The van der Waals surface area contributed by atoms with Crippen molar-refractivity contribution in [2.75, 3.05) is 0 Å². The number of rotatable bonds is 7. The van der Waals surface area contributed by atoms with Crippen molar-refractivity contribution < 1.29 is 9.90 Å². The van der Waals surface area contributed by atoms with Crippen molar-refractivity contribution in [2.24, 2.45) is 10.2 Å². The second-order valence-electron chi connectivity index (χ2n) is 6.78. The van der Waals surface area contributed by atoms with Gasteiger partial charge in [-0.25, -0.2) is 0 Å². The molecule has 1 aromatic heterocycles. The van der Waals surface area contributed by atoms with Gasteiger partial charge in [0.05, 0.1) is 5.52 Å². The van der Waals surface area contributed by atoms with Crippen LogP contribution in [0.15, 0.2) is 58.8 Å². The first kappa shape index (κ1) is 18.8. The van der Waals surface area contributed by atoms with Gasteiger partial charge in [-0.15, -0.1) is 10.2 Å². The molecule has 0 radical (unpaired) electrons. The lowest BCUT2D eigenvalue weighted by Gasteiger charge is -2.05. The highest BCUT2D eigenvalue weighted by molar-refractivity contribution is 5.95. The fourth-order valence-corrected chi connectivity index (χ4v) is 3.13. The van der Waals surface area contributed by atoms with Crippen molar-refractivity contribution in [1.29, 1.82) is 0 Å². The zero-order valence-corrected chi connectivity index (χ0v) is 15.9. The third-order valence-corrected chi connectivity index (χ3v) is 4.63. The van der Waals surface area contributed by atoms with Crippen LogP contribution in [-0.2, 0) is 17.8 Å². The summed E-state index contributed by atoms with van der Waals surface area (Å²) in [5, 5.41) is 19.4. The minimum atomic E-state index is -0.291. The molecule has 5 heteroatoms. The SMILES string of the molecule is CCCCn1c(O)c(N=NC(=O)CCc2ccccc2)c2cc(C)ccc21. The molecule has 0 saturated carbocycles. The molecule has 5 nitrogen and oxygen atoms in total. The van der Waals surface area contributed by atoms with Crippen molar-refractivity contribution >= 4 is 22.5 Å². The summed E-state index contributed by atoms with van der Waals surface area (Å²) in [6, 6.07) is 15.8. The second-order valence-corrected chi connectivity index (χ2v) is 6.78. The molecular formula is C22H25N3O2. The quantitative estimate of drug-likeness (QED) is 0.547. The molecular weight excluding hydrogens is 338 g/mol. The van der Waals surface area contributed by atoms with E-state index in [-0.39, 0.29) is 11.8 Å². The number of benzene rings is 2. The Kier molecular flexibility index (Phi) is 6.01. The Morgan fingerprint density at radius 1 is 1.15 bits per heavy atom. The Bertz CT molecular complexity index is 959. The van der Waals surface area contributed by atoms with Crippen LogP contribution in [0.4, 0.5) is 5.69 Å². The van der Waals surface area contributed by atoms with Crippen LogP contribution in [0.1, 0.15) is 37.3 Å². The van der Waals surface area contributed by atoms with Crippen LogP contribution in [0.3, 0.4) is 0 Å². The Hall–Kier alpha value is -2.95. The molecule has 27 heavy (non-hydrogen) atoms. The zero-order chi connectivity index (χ0) is 19.2. The maximum Gasteiger partial charge on any atom is 0.265 e. The predicted molar refractivity (Wildman–Crippen MR) is 108 cm³/mol. The molecule has 1 heterocycles. The summed E-state index contributed by atoms with van der Waals surface area (Å²) in [7, 11) is 0. The summed E-state index contributed by atoms with van der Waals surface area (Å²) < 4.78 is 1.85. The number of aromatic nitrogens is 1. The van der Waals surface area contributed by atoms with Gasteiger partial charge in [-0.05, 0) is 37.5 Å². The Morgan fingerprint density at radius 2 is 1.93 bits per heavy atom. The van der Waals surface area contributed by atoms with Gasteiger partial charge in [0.1, 0.15) is 0 Å².